The van der Waals surface area contributed by atoms with Crippen LogP contribution in [0, 0.1) is 0 Å². The third-order valence-electron chi connectivity index (χ3n) is 2.69. The summed E-state index contributed by atoms with van der Waals surface area (Å²) < 4.78 is 26.7. The zero-order valence-electron chi connectivity index (χ0n) is 10.1. The van der Waals surface area contributed by atoms with E-state index in [4.69, 9.17) is 0 Å². The van der Waals surface area contributed by atoms with Crippen LogP contribution in [0.25, 0.3) is 0 Å². The largest absolute Gasteiger partial charge is 0.240 e. The van der Waals surface area contributed by atoms with E-state index in [-0.39, 0.29) is 0 Å². The van der Waals surface area contributed by atoms with Gasteiger partial charge in [0.1, 0.15) is 0 Å². The number of hydrogen-bond acceptors (Lipinski definition) is 3. The van der Waals surface area contributed by atoms with Crippen LogP contribution in [0.2, 0.25) is 0 Å². The van der Waals surface area contributed by atoms with Gasteiger partial charge in [0, 0.05) is 11.4 Å². The van der Waals surface area contributed by atoms with Crippen LogP contribution in [0.15, 0.2) is 46.7 Å². The van der Waals surface area contributed by atoms with Crippen LogP contribution in [0.4, 0.5) is 0 Å². The molecule has 1 aromatic carbocycles. The third-order valence-corrected chi connectivity index (χ3v) is 5.08. The van der Waals surface area contributed by atoms with Crippen molar-refractivity contribution in [3.05, 3.63) is 52.2 Å². The first-order chi connectivity index (χ1) is 8.63. The van der Waals surface area contributed by atoms with Crippen LogP contribution in [0.1, 0.15) is 17.4 Å². The molecule has 0 aliphatic rings. The highest BCUT2D eigenvalue weighted by atomic mass is 32.2. The molecule has 5 heteroatoms. The molecule has 1 aromatic heterocycles. The van der Waals surface area contributed by atoms with Crippen molar-refractivity contribution >= 4 is 21.4 Å². The lowest BCUT2D eigenvalue weighted by Crippen LogP contribution is -2.23. The SMILES string of the molecule is CCc1ccsc1CNS(=O)(=O)c1ccccc1. The minimum absolute atomic E-state index is 0.305. The molecule has 0 bridgehead atoms. The third kappa shape index (κ3) is 2.98. The van der Waals surface area contributed by atoms with Crippen LogP contribution in [0.5, 0.6) is 0 Å². The smallest absolute Gasteiger partial charge is 0.207 e. The van der Waals surface area contributed by atoms with Crippen molar-refractivity contribution in [2.24, 2.45) is 0 Å². The fourth-order valence-corrected chi connectivity index (χ4v) is 3.70. The standard InChI is InChI=1S/C13H15NO2S2/c1-2-11-8-9-17-13(11)10-14-18(15,16)12-6-4-3-5-7-12/h3-9,14H,2,10H2,1H3. The molecule has 0 fully saturated rings. The highest BCUT2D eigenvalue weighted by Crippen LogP contribution is 2.18. The second kappa shape index (κ2) is 5.65. The number of benzene rings is 1. The Kier molecular flexibility index (Phi) is 4.16. The first-order valence-electron chi connectivity index (χ1n) is 5.73. The van der Waals surface area contributed by atoms with Crippen LogP contribution in [-0.4, -0.2) is 8.42 Å². The normalized spacial score (nSPS) is 11.6. The monoisotopic (exact) mass is 281 g/mol. The summed E-state index contributed by atoms with van der Waals surface area (Å²) in [5.41, 5.74) is 1.20. The highest BCUT2D eigenvalue weighted by Gasteiger charge is 2.13. The molecule has 0 atom stereocenters. The van der Waals surface area contributed by atoms with E-state index in [2.05, 4.69) is 11.6 Å². The molecule has 1 heterocycles. The van der Waals surface area contributed by atoms with Crippen LogP contribution >= 0.6 is 11.3 Å². The lowest BCUT2D eigenvalue weighted by atomic mass is 10.2. The zero-order valence-corrected chi connectivity index (χ0v) is 11.7. The maximum atomic E-state index is 12.0. The van der Waals surface area contributed by atoms with Crippen molar-refractivity contribution in [2.75, 3.05) is 0 Å². The molecule has 96 valence electrons. The van der Waals surface area contributed by atoms with Crippen molar-refractivity contribution in [3.8, 4) is 0 Å². The zero-order chi connectivity index (χ0) is 13.0. The molecule has 1 N–H and O–H groups in total. The lowest BCUT2D eigenvalue weighted by Gasteiger charge is -2.06. The minimum Gasteiger partial charge on any atom is -0.207 e. The topological polar surface area (TPSA) is 46.2 Å². The van der Waals surface area contributed by atoms with E-state index in [1.165, 1.54) is 5.56 Å². The summed E-state index contributed by atoms with van der Waals surface area (Å²) >= 11 is 1.58. The fraction of sp³-hybridized carbons (Fsp3) is 0.231. The van der Waals surface area contributed by atoms with Gasteiger partial charge in [0.2, 0.25) is 10.0 Å². The van der Waals surface area contributed by atoms with Crippen LogP contribution in [-0.2, 0) is 23.0 Å². The number of rotatable bonds is 5. The maximum Gasteiger partial charge on any atom is 0.240 e. The van der Waals surface area contributed by atoms with Crippen molar-refractivity contribution < 1.29 is 8.42 Å². The van der Waals surface area contributed by atoms with Gasteiger partial charge in [-0.15, -0.1) is 11.3 Å². The molecule has 3 nitrogen and oxygen atoms in total. The summed E-state index contributed by atoms with van der Waals surface area (Å²) in [5, 5.41) is 1.99. The Morgan fingerprint density at radius 1 is 1.17 bits per heavy atom. The van der Waals surface area contributed by atoms with Crippen molar-refractivity contribution in [1.82, 2.24) is 4.72 Å². The van der Waals surface area contributed by atoms with E-state index in [9.17, 15) is 8.42 Å². The number of thiophene rings is 1. The van der Waals surface area contributed by atoms with Crippen LogP contribution < -0.4 is 4.72 Å². The van der Waals surface area contributed by atoms with Gasteiger partial charge < -0.3 is 0 Å². The molecule has 0 aliphatic heterocycles. The van der Waals surface area contributed by atoms with E-state index in [1.54, 1.807) is 41.7 Å². The van der Waals surface area contributed by atoms with E-state index in [0.717, 1.165) is 11.3 Å². The summed E-state index contributed by atoms with van der Waals surface area (Å²) in [4.78, 5) is 1.39. The van der Waals surface area contributed by atoms with Gasteiger partial charge in [-0.2, -0.15) is 0 Å². The van der Waals surface area contributed by atoms with Gasteiger partial charge >= 0.3 is 0 Å². The van der Waals surface area contributed by atoms with Gasteiger partial charge in [-0.25, -0.2) is 13.1 Å². The van der Waals surface area contributed by atoms with Crippen molar-refractivity contribution in [1.29, 1.82) is 0 Å². The van der Waals surface area contributed by atoms with Crippen molar-refractivity contribution in [2.45, 2.75) is 24.8 Å². The molecule has 0 radical (unpaired) electrons. The predicted octanol–water partition coefficient (Wildman–Crippen LogP) is 2.79. The Balaban J connectivity index is 2.11. The quantitative estimate of drug-likeness (QED) is 0.916. The molecular formula is C13H15NO2S2. The molecule has 0 aliphatic carbocycles. The number of nitrogens with one attached hydrogen (secondary N) is 1. The van der Waals surface area contributed by atoms with Gasteiger partial charge in [0.05, 0.1) is 4.90 Å². The Bertz CT molecular complexity index is 603. The summed E-state index contributed by atoms with van der Waals surface area (Å²) in [7, 11) is -3.40. The average molecular weight is 281 g/mol. The molecule has 0 spiro atoms. The molecule has 2 rings (SSSR count). The number of sulfonamides is 1. The van der Waals surface area contributed by atoms with Gasteiger partial charge in [-0.3, -0.25) is 0 Å². The molecule has 0 amide bonds. The first-order valence-corrected chi connectivity index (χ1v) is 8.09. The fourth-order valence-electron chi connectivity index (χ4n) is 1.68. The number of aryl methyl sites for hydroxylation is 1. The number of hydrogen-bond donors (Lipinski definition) is 1. The molecular weight excluding hydrogens is 266 g/mol. The molecule has 0 saturated heterocycles. The average Bonchev–Trinajstić information content (AvgIpc) is 2.85. The Morgan fingerprint density at radius 2 is 1.89 bits per heavy atom. The van der Waals surface area contributed by atoms with E-state index in [0.29, 0.717) is 11.4 Å². The van der Waals surface area contributed by atoms with Gasteiger partial charge in [-0.1, -0.05) is 25.1 Å². The lowest BCUT2D eigenvalue weighted by molar-refractivity contribution is 0.581. The second-order valence-electron chi connectivity index (χ2n) is 3.86. The minimum atomic E-state index is -3.40. The molecule has 18 heavy (non-hydrogen) atoms. The van der Waals surface area contributed by atoms with E-state index >= 15 is 0 Å². The molecule has 0 saturated carbocycles. The Labute approximate surface area is 112 Å². The maximum absolute atomic E-state index is 12.0. The summed E-state index contributed by atoms with van der Waals surface area (Å²) in [6, 6.07) is 10.5. The molecule has 0 unspecified atom stereocenters. The molecule has 2 aromatic rings. The van der Waals surface area contributed by atoms with Gasteiger partial charge in [0.15, 0.2) is 0 Å². The summed E-state index contributed by atoms with van der Waals surface area (Å²) in [5.74, 6) is 0. The van der Waals surface area contributed by atoms with E-state index < -0.39 is 10.0 Å². The summed E-state index contributed by atoms with van der Waals surface area (Å²) in [6.45, 7) is 2.43. The Hall–Kier alpha value is -1.17. The summed E-state index contributed by atoms with van der Waals surface area (Å²) in [6.07, 6.45) is 0.923. The van der Waals surface area contributed by atoms with Crippen LogP contribution in [0.3, 0.4) is 0 Å². The van der Waals surface area contributed by atoms with Crippen molar-refractivity contribution in [3.63, 3.8) is 0 Å². The van der Waals surface area contributed by atoms with E-state index in [1.807, 2.05) is 11.4 Å². The highest BCUT2D eigenvalue weighted by molar-refractivity contribution is 7.89. The first kappa shape index (κ1) is 13.3. The van der Waals surface area contributed by atoms with Gasteiger partial charge in [0.25, 0.3) is 0 Å². The predicted molar refractivity (Wildman–Crippen MR) is 74.2 cm³/mol. The van der Waals surface area contributed by atoms with Gasteiger partial charge in [-0.05, 0) is 35.6 Å². The second-order valence-corrected chi connectivity index (χ2v) is 6.63. The Morgan fingerprint density at radius 3 is 2.56 bits per heavy atom.